The van der Waals surface area contributed by atoms with Gasteiger partial charge in [0.05, 0.1) is 0 Å². The van der Waals surface area contributed by atoms with Gasteiger partial charge in [0.2, 0.25) is 5.91 Å². The largest absolute Gasteiger partial charge is 0.340 e. The minimum absolute atomic E-state index is 0.244. The fourth-order valence-electron chi connectivity index (χ4n) is 2.88. The number of amides is 1. The van der Waals surface area contributed by atoms with E-state index in [4.69, 9.17) is 5.73 Å². The molecule has 2 N–H and O–H groups in total. The highest BCUT2D eigenvalue weighted by Gasteiger charge is 2.32. The van der Waals surface area contributed by atoms with Gasteiger partial charge in [-0.3, -0.25) is 4.79 Å². The lowest BCUT2D eigenvalue weighted by Gasteiger charge is -2.31. The smallest absolute Gasteiger partial charge is 0.222 e. The van der Waals surface area contributed by atoms with Crippen molar-refractivity contribution in [3.63, 3.8) is 0 Å². The molecule has 0 aromatic rings. The van der Waals surface area contributed by atoms with Gasteiger partial charge in [0.15, 0.2) is 0 Å². The summed E-state index contributed by atoms with van der Waals surface area (Å²) in [5, 5.41) is 0. The van der Waals surface area contributed by atoms with Gasteiger partial charge in [-0.05, 0) is 50.0 Å². The summed E-state index contributed by atoms with van der Waals surface area (Å²) in [6.07, 6.45) is 7.41. The molecule has 0 saturated heterocycles. The molecule has 3 heteroatoms. The second-order valence-electron chi connectivity index (χ2n) is 7.35. The van der Waals surface area contributed by atoms with E-state index in [-0.39, 0.29) is 5.41 Å². The molecule has 0 radical (unpaired) electrons. The van der Waals surface area contributed by atoms with E-state index < -0.39 is 0 Å². The molecule has 1 aliphatic carbocycles. The first kappa shape index (κ1) is 17.5. The van der Waals surface area contributed by atoms with Crippen molar-refractivity contribution in [3.8, 4) is 0 Å². The molecule has 1 unspecified atom stereocenters. The average molecular weight is 282 g/mol. The lowest BCUT2D eigenvalue weighted by molar-refractivity contribution is -0.132. The van der Waals surface area contributed by atoms with Crippen LogP contribution in [-0.4, -0.2) is 29.9 Å². The van der Waals surface area contributed by atoms with E-state index in [2.05, 4.69) is 32.6 Å². The van der Waals surface area contributed by atoms with Crippen LogP contribution in [0.5, 0.6) is 0 Å². The molecule has 1 fully saturated rings. The molecule has 0 spiro atoms. The Labute approximate surface area is 125 Å². The maximum absolute atomic E-state index is 12.5. The van der Waals surface area contributed by atoms with Gasteiger partial charge < -0.3 is 10.6 Å². The van der Waals surface area contributed by atoms with E-state index in [1.807, 2.05) is 0 Å². The van der Waals surface area contributed by atoms with Crippen LogP contribution in [-0.2, 0) is 4.79 Å². The Morgan fingerprint density at radius 3 is 2.40 bits per heavy atom. The molecule has 1 saturated carbocycles. The van der Waals surface area contributed by atoms with Crippen molar-refractivity contribution < 1.29 is 4.79 Å². The third-order valence-electron chi connectivity index (χ3n) is 4.51. The molecule has 0 heterocycles. The van der Waals surface area contributed by atoms with Crippen molar-refractivity contribution in [1.29, 1.82) is 0 Å². The Morgan fingerprint density at radius 2 is 1.95 bits per heavy atom. The van der Waals surface area contributed by atoms with Gasteiger partial charge in [-0.15, -0.1) is 0 Å². The number of hydrogen-bond acceptors (Lipinski definition) is 2. The van der Waals surface area contributed by atoms with Crippen molar-refractivity contribution in [2.45, 2.75) is 78.7 Å². The summed E-state index contributed by atoms with van der Waals surface area (Å²) in [7, 11) is 0. The number of unbranched alkanes of at least 4 members (excludes halogenated alkanes) is 1. The van der Waals surface area contributed by atoms with E-state index in [1.165, 1.54) is 12.8 Å². The molecule has 20 heavy (non-hydrogen) atoms. The van der Waals surface area contributed by atoms with Gasteiger partial charge in [-0.25, -0.2) is 0 Å². The van der Waals surface area contributed by atoms with E-state index in [9.17, 15) is 4.79 Å². The van der Waals surface area contributed by atoms with Gasteiger partial charge >= 0.3 is 0 Å². The molecule has 1 amide bonds. The number of hydrogen-bond donors (Lipinski definition) is 1. The number of carbonyl (C=O) groups excluding carboxylic acids is 1. The first-order valence-corrected chi connectivity index (χ1v) is 8.39. The molecular formula is C17H34N2O. The molecule has 1 atom stereocenters. The van der Waals surface area contributed by atoms with Gasteiger partial charge in [0.25, 0.3) is 0 Å². The van der Waals surface area contributed by atoms with Gasteiger partial charge in [0, 0.05) is 19.0 Å². The van der Waals surface area contributed by atoms with Gasteiger partial charge in [-0.1, -0.05) is 34.1 Å². The van der Waals surface area contributed by atoms with Crippen LogP contribution in [0.15, 0.2) is 0 Å². The summed E-state index contributed by atoms with van der Waals surface area (Å²) in [6.45, 7) is 10.6. The summed E-state index contributed by atoms with van der Waals surface area (Å²) in [6, 6.07) is 0.552. The Bertz CT molecular complexity index is 292. The van der Waals surface area contributed by atoms with Crippen LogP contribution in [0.1, 0.15) is 72.6 Å². The summed E-state index contributed by atoms with van der Waals surface area (Å²) in [5.41, 5.74) is 5.96. The van der Waals surface area contributed by atoms with Crippen LogP contribution in [0.2, 0.25) is 0 Å². The zero-order valence-corrected chi connectivity index (χ0v) is 14.0. The zero-order valence-electron chi connectivity index (χ0n) is 14.0. The summed E-state index contributed by atoms with van der Waals surface area (Å²) >= 11 is 0. The topological polar surface area (TPSA) is 46.3 Å². The quantitative estimate of drug-likeness (QED) is 0.702. The minimum atomic E-state index is 0.244. The van der Waals surface area contributed by atoms with E-state index >= 15 is 0 Å². The highest BCUT2D eigenvalue weighted by molar-refractivity contribution is 5.76. The summed E-state index contributed by atoms with van der Waals surface area (Å²) in [4.78, 5) is 14.6. The Kier molecular flexibility index (Phi) is 7.01. The van der Waals surface area contributed by atoms with Crippen molar-refractivity contribution >= 4 is 5.91 Å². The zero-order chi connectivity index (χ0) is 15.2. The molecule has 1 aliphatic rings. The lowest BCUT2D eigenvalue weighted by Crippen LogP contribution is -2.35. The minimum Gasteiger partial charge on any atom is -0.340 e. The fraction of sp³-hybridized carbons (Fsp3) is 0.941. The van der Waals surface area contributed by atoms with Crippen LogP contribution in [0.25, 0.3) is 0 Å². The third kappa shape index (κ3) is 5.82. The molecule has 0 aliphatic heterocycles. The number of nitrogens with zero attached hydrogens (tertiary/aromatic N) is 1. The second kappa shape index (κ2) is 8.02. The molecule has 118 valence electrons. The first-order chi connectivity index (χ1) is 9.40. The van der Waals surface area contributed by atoms with Gasteiger partial charge in [-0.2, -0.15) is 0 Å². The molecule has 3 nitrogen and oxygen atoms in total. The molecule has 0 aromatic heterocycles. The van der Waals surface area contributed by atoms with Crippen molar-refractivity contribution in [2.24, 2.45) is 17.1 Å². The fourth-order valence-corrected chi connectivity index (χ4v) is 2.88. The lowest BCUT2D eigenvalue weighted by atomic mass is 9.76. The normalized spacial score (nSPS) is 17.1. The van der Waals surface area contributed by atoms with E-state index in [0.717, 1.165) is 38.8 Å². The Morgan fingerprint density at radius 1 is 1.30 bits per heavy atom. The SMILES string of the molecule is CCCCN(C(=O)CCC(CCN)C(C)(C)C)C1CC1. The monoisotopic (exact) mass is 282 g/mol. The van der Waals surface area contributed by atoms with Crippen molar-refractivity contribution in [3.05, 3.63) is 0 Å². The maximum Gasteiger partial charge on any atom is 0.222 e. The van der Waals surface area contributed by atoms with Crippen LogP contribution in [0, 0.1) is 11.3 Å². The summed E-state index contributed by atoms with van der Waals surface area (Å²) < 4.78 is 0. The molecular weight excluding hydrogens is 248 g/mol. The van der Waals surface area contributed by atoms with Crippen LogP contribution < -0.4 is 5.73 Å². The molecule has 0 aromatic carbocycles. The first-order valence-electron chi connectivity index (χ1n) is 8.39. The average Bonchev–Trinajstić information content (AvgIpc) is 3.18. The molecule has 0 bridgehead atoms. The molecule has 1 rings (SSSR count). The second-order valence-corrected chi connectivity index (χ2v) is 7.35. The predicted molar refractivity (Wildman–Crippen MR) is 85.5 cm³/mol. The van der Waals surface area contributed by atoms with Crippen LogP contribution >= 0.6 is 0 Å². The highest BCUT2D eigenvalue weighted by Crippen LogP contribution is 2.33. The maximum atomic E-state index is 12.5. The third-order valence-corrected chi connectivity index (χ3v) is 4.51. The number of carbonyl (C=O) groups is 1. The van der Waals surface area contributed by atoms with Crippen molar-refractivity contribution in [1.82, 2.24) is 4.90 Å². The number of rotatable bonds is 9. The standard InChI is InChI=1S/C17H34N2O/c1-5-6-13-19(15-8-9-15)16(20)10-7-14(11-12-18)17(2,3)4/h14-15H,5-13,18H2,1-4H3. The van der Waals surface area contributed by atoms with Crippen LogP contribution in [0.4, 0.5) is 0 Å². The van der Waals surface area contributed by atoms with Crippen molar-refractivity contribution in [2.75, 3.05) is 13.1 Å². The van der Waals surface area contributed by atoms with E-state index in [1.54, 1.807) is 0 Å². The number of nitrogens with two attached hydrogens (primary N) is 1. The van der Waals surface area contributed by atoms with Gasteiger partial charge in [0.1, 0.15) is 0 Å². The highest BCUT2D eigenvalue weighted by atomic mass is 16.2. The Hall–Kier alpha value is -0.570. The predicted octanol–water partition coefficient (Wildman–Crippen LogP) is 3.57. The van der Waals surface area contributed by atoms with E-state index in [0.29, 0.717) is 24.3 Å². The summed E-state index contributed by atoms with van der Waals surface area (Å²) in [5.74, 6) is 0.913. The Balaban J connectivity index is 2.46. The van der Waals surface area contributed by atoms with Crippen LogP contribution in [0.3, 0.4) is 0 Å².